The average Bonchev–Trinajstić information content (AvgIpc) is 2.39. The van der Waals surface area contributed by atoms with Crippen LogP contribution in [-0.4, -0.2) is 37.8 Å². The molecule has 0 unspecified atom stereocenters. The Morgan fingerprint density at radius 2 is 2.00 bits per heavy atom. The highest BCUT2D eigenvalue weighted by Crippen LogP contribution is 2.23. The number of hydrogen-bond acceptors (Lipinski definition) is 4. The molecule has 0 fully saturated rings. The number of anilines is 1. The van der Waals surface area contributed by atoms with Gasteiger partial charge in [0.1, 0.15) is 0 Å². The molecule has 0 aromatic carbocycles. The van der Waals surface area contributed by atoms with Crippen molar-refractivity contribution in [2.24, 2.45) is 0 Å². The molecule has 6 heteroatoms. The van der Waals surface area contributed by atoms with Crippen LogP contribution in [0.25, 0.3) is 0 Å². The van der Waals surface area contributed by atoms with Crippen LogP contribution in [0.15, 0.2) is 23.4 Å². The quantitative estimate of drug-likeness (QED) is 0.859. The largest absolute Gasteiger partial charge is 0.386 e. The number of nitrogens with one attached hydrogen (secondary N) is 1. The molecule has 102 valence electrons. The minimum Gasteiger partial charge on any atom is -0.386 e. The topological polar surface area (TPSA) is 62.3 Å². The zero-order valence-electron chi connectivity index (χ0n) is 11.3. The highest BCUT2D eigenvalue weighted by Gasteiger charge is 2.29. The predicted octanol–water partition coefficient (Wildman–Crippen LogP) is 1.93. The number of pyridine rings is 1. The third-order valence-electron chi connectivity index (χ3n) is 3.12. The summed E-state index contributed by atoms with van der Waals surface area (Å²) in [5.41, 5.74) is 0.523. The Hall–Kier alpha value is -1.14. The first-order valence-electron chi connectivity index (χ1n) is 6.09. The summed E-state index contributed by atoms with van der Waals surface area (Å²) in [5, 5.41) is 2.95. The van der Waals surface area contributed by atoms with Crippen LogP contribution in [0.5, 0.6) is 0 Å². The zero-order valence-corrected chi connectivity index (χ0v) is 12.2. The van der Waals surface area contributed by atoms with E-state index < -0.39 is 10.0 Å². The molecule has 0 aliphatic carbocycles. The lowest BCUT2D eigenvalue weighted by molar-refractivity contribution is 0.348. The maximum absolute atomic E-state index is 12.5. The molecule has 0 atom stereocenters. The van der Waals surface area contributed by atoms with Gasteiger partial charge in [-0.3, -0.25) is 0 Å². The summed E-state index contributed by atoms with van der Waals surface area (Å²) in [5.74, 6) is 0. The highest BCUT2D eigenvalue weighted by atomic mass is 32.2. The van der Waals surface area contributed by atoms with E-state index in [2.05, 4.69) is 10.3 Å². The minimum absolute atomic E-state index is 0.00159. The number of hydrogen-bond donors (Lipinski definition) is 1. The lowest BCUT2D eigenvalue weighted by atomic mass is 10.2. The molecule has 0 radical (unpaired) electrons. The fourth-order valence-corrected chi connectivity index (χ4v) is 3.53. The Morgan fingerprint density at radius 1 is 1.39 bits per heavy atom. The van der Waals surface area contributed by atoms with Crippen molar-refractivity contribution >= 4 is 15.7 Å². The summed E-state index contributed by atoms with van der Waals surface area (Å²) < 4.78 is 26.4. The summed E-state index contributed by atoms with van der Waals surface area (Å²) in [6.45, 7) is 3.97. The standard InChI is InChI=1S/C12H21N3O2S/c1-5-10(6-2)15(4)18(16,17)12-11(13-3)8-7-9-14-12/h7-10,13H,5-6H2,1-4H3. The molecule has 1 aromatic rings. The summed E-state index contributed by atoms with van der Waals surface area (Å²) in [7, 11) is -0.246. The van der Waals surface area contributed by atoms with E-state index in [9.17, 15) is 8.42 Å². The Balaban J connectivity index is 3.21. The molecule has 0 spiro atoms. The van der Waals surface area contributed by atoms with Crippen molar-refractivity contribution in [2.75, 3.05) is 19.4 Å². The van der Waals surface area contributed by atoms with Gasteiger partial charge in [0.25, 0.3) is 10.0 Å². The maximum Gasteiger partial charge on any atom is 0.262 e. The summed E-state index contributed by atoms with van der Waals surface area (Å²) in [6.07, 6.45) is 3.07. The fourth-order valence-electron chi connectivity index (χ4n) is 1.92. The number of aromatic nitrogens is 1. The normalized spacial score (nSPS) is 12.1. The molecular weight excluding hydrogens is 250 g/mol. The van der Waals surface area contributed by atoms with Gasteiger partial charge in [-0.2, -0.15) is 4.31 Å². The molecule has 1 heterocycles. The Labute approximate surface area is 109 Å². The van der Waals surface area contributed by atoms with Crippen LogP contribution < -0.4 is 5.32 Å². The minimum atomic E-state index is -3.55. The number of rotatable bonds is 6. The van der Waals surface area contributed by atoms with Crippen molar-refractivity contribution in [3.05, 3.63) is 18.3 Å². The van der Waals surface area contributed by atoms with Gasteiger partial charge in [0.05, 0.1) is 5.69 Å². The van der Waals surface area contributed by atoms with Gasteiger partial charge in [-0.05, 0) is 25.0 Å². The van der Waals surface area contributed by atoms with Crippen LogP contribution in [-0.2, 0) is 10.0 Å². The Bertz CT molecular complexity index is 484. The van der Waals surface area contributed by atoms with Gasteiger partial charge in [-0.25, -0.2) is 13.4 Å². The molecule has 0 aliphatic rings. The molecule has 0 bridgehead atoms. The van der Waals surface area contributed by atoms with E-state index in [0.29, 0.717) is 5.69 Å². The second kappa shape index (κ2) is 6.15. The second-order valence-electron chi connectivity index (χ2n) is 4.10. The first-order chi connectivity index (χ1) is 8.48. The van der Waals surface area contributed by atoms with Crippen molar-refractivity contribution in [3.63, 3.8) is 0 Å². The van der Waals surface area contributed by atoms with Crippen LogP contribution in [0.3, 0.4) is 0 Å². The van der Waals surface area contributed by atoms with Gasteiger partial charge in [0.2, 0.25) is 0 Å². The first kappa shape index (κ1) is 14.9. The lowest BCUT2D eigenvalue weighted by Crippen LogP contribution is -2.36. The molecule has 0 saturated heterocycles. The second-order valence-corrected chi connectivity index (χ2v) is 6.01. The SMILES string of the molecule is CCC(CC)N(C)S(=O)(=O)c1ncccc1NC. The molecule has 1 rings (SSSR count). The first-order valence-corrected chi connectivity index (χ1v) is 7.53. The average molecular weight is 271 g/mol. The zero-order chi connectivity index (χ0) is 13.8. The maximum atomic E-state index is 12.5. The van der Waals surface area contributed by atoms with E-state index in [0.717, 1.165) is 12.8 Å². The van der Waals surface area contributed by atoms with Crippen molar-refractivity contribution in [1.82, 2.24) is 9.29 Å². The summed E-state index contributed by atoms with van der Waals surface area (Å²) >= 11 is 0. The van der Waals surface area contributed by atoms with E-state index in [1.165, 1.54) is 10.5 Å². The predicted molar refractivity (Wildman–Crippen MR) is 73.1 cm³/mol. The van der Waals surface area contributed by atoms with Crippen LogP contribution in [0.2, 0.25) is 0 Å². The van der Waals surface area contributed by atoms with Gasteiger partial charge in [0.15, 0.2) is 5.03 Å². The van der Waals surface area contributed by atoms with Crippen LogP contribution in [0.1, 0.15) is 26.7 Å². The molecule has 0 saturated carbocycles. The van der Waals surface area contributed by atoms with Crippen molar-refractivity contribution in [1.29, 1.82) is 0 Å². The Morgan fingerprint density at radius 3 is 2.50 bits per heavy atom. The third kappa shape index (κ3) is 2.81. The Kier molecular flexibility index (Phi) is 5.10. The molecular formula is C12H21N3O2S. The molecule has 1 aromatic heterocycles. The van der Waals surface area contributed by atoms with E-state index in [1.807, 2.05) is 13.8 Å². The van der Waals surface area contributed by atoms with Crippen LogP contribution >= 0.6 is 0 Å². The smallest absolute Gasteiger partial charge is 0.262 e. The van der Waals surface area contributed by atoms with Crippen LogP contribution in [0, 0.1) is 0 Å². The van der Waals surface area contributed by atoms with E-state index in [4.69, 9.17) is 0 Å². The van der Waals surface area contributed by atoms with Crippen molar-refractivity contribution < 1.29 is 8.42 Å². The molecule has 0 amide bonds. The van der Waals surface area contributed by atoms with E-state index in [1.54, 1.807) is 26.2 Å². The summed E-state index contributed by atoms with van der Waals surface area (Å²) in [6, 6.07) is 3.42. The molecule has 0 aliphatic heterocycles. The van der Waals surface area contributed by atoms with Gasteiger partial charge >= 0.3 is 0 Å². The van der Waals surface area contributed by atoms with Gasteiger partial charge < -0.3 is 5.32 Å². The van der Waals surface area contributed by atoms with Gasteiger partial charge in [0, 0.05) is 26.3 Å². The summed E-state index contributed by atoms with van der Waals surface area (Å²) in [4.78, 5) is 4.00. The molecule has 1 N–H and O–H groups in total. The van der Waals surface area contributed by atoms with Gasteiger partial charge in [-0.15, -0.1) is 0 Å². The van der Waals surface area contributed by atoms with Crippen LogP contribution in [0.4, 0.5) is 5.69 Å². The van der Waals surface area contributed by atoms with Crippen molar-refractivity contribution in [3.8, 4) is 0 Å². The molecule has 18 heavy (non-hydrogen) atoms. The number of nitrogens with zero attached hydrogens (tertiary/aromatic N) is 2. The molecule has 5 nitrogen and oxygen atoms in total. The van der Waals surface area contributed by atoms with Gasteiger partial charge in [-0.1, -0.05) is 13.8 Å². The van der Waals surface area contributed by atoms with E-state index >= 15 is 0 Å². The monoisotopic (exact) mass is 271 g/mol. The van der Waals surface area contributed by atoms with Crippen molar-refractivity contribution in [2.45, 2.75) is 37.8 Å². The van der Waals surface area contributed by atoms with E-state index in [-0.39, 0.29) is 11.1 Å². The third-order valence-corrected chi connectivity index (χ3v) is 4.99. The lowest BCUT2D eigenvalue weighted by Gasteiger charge is -2.25. The highest BCUT2D eigenvalue weighted by molar-refractivity contribution is 7.89. The fraction of sp³-hybridized carbons (Fsp3) is 0.583. The number of sulfonamides is 1.